The third kappa shape index (κ3) is 3.97. The third-order valence-electron chi connectivity index (χ3n) is 5.22. The smallest absolute Gasteiger partial charge is 0.303 e. The summed E-state index contributed by atoms with van der Waals surface area (Å²) >= 11 is 0. The van der Waals surface area contributed by atoms with Crippen molar-refractivity contribution in [3.63, 3.8) is 0 Å². The van der Waals surface area contributed by atoms with E-state index in [2.05, 4.69) is 12.2 Å². The highest BCUT2D eigenvalue weighted by atomic mass is 16.4. The molecule has 2 N–H and O–H groups in total. The first kappa shape index (κ1) is 15.3. The Morgan fingerprint density at radius 1 is 1.15 bits per heavy atom. The maximum absolute atomic E-state index is 12.2. The molecule has 2 aliphatic rings. The number of carboxylic acids is 1. The molecule has 0 radical (unpaired) electrons. The largest absolute Gasteiger partial charge is 0.481 e. The molecule has 114 valence electrons. The summed E-state index contributed by atoms with van der Waals surface area (Å²) in [5, 5.41) is 12.2. The Hall–Kier alpha value is -1.06. The molecule has 0 heterocycles. The lowest BCUT2D eigenvalue weighted by Gasteiger charge is -2.28. The van der Waals surface area contributed by atoms with Crippen molar-refractivity contribution >= 4 is 11.9 Å². The van der Waals surface area contributed by atoms with E-state index in [-0.39, 0.29) is 23.8 Å². The Labute approximate surface area is 121 Å². The minimum absolute atomic E-state index is 0.0487. The van der Waals surface area contributed by atoms with Crippen LogP contribution in [0.2, 0.25) is 0 Å². The van der Waals surface area contributed by atoms with E-state index in [4.69, 9.17) is 5.11 Å². The second-order valence-electron chi connectivity index (χ2n) is 6.86. The van der Waals surface area contributed by atoms with Crippen molar-refractivity contribution in [2.24, 2.45) is 11.3 Å². The fourth-order valence-corrected chi connectivity index (χ4v) is 4.08. The number of hydrogen-bond donors (Lipinski definition) is 2. The average Bonchev–Trinajstić information content (AvgIpc) is 2.98. The first-order valence-electron chi connectivity index (χ1n) is 8.02. The van der Waals surface area contributed by atoms with E-state index in [9.17, 15) is 9.59 Å². The first-order valence-corrected chi connectivity index (χ1v) is 8.02. The molecule has 0 aromatic heterocycles. The predicted molar refractivity (Wildman–Crippen MR) is 77.3 cm³/mol. The molecule has 2 saturated carbocycles. The van der Waals surface area contributed by atoms with Crippen LogP contribution in [0.25, 0.3) is 0 Å². The van der Waals surface area contributed by atoms with Gasteiger partial charge in [-0.2, -0.15) is 0 Å². The number of carboxylic acid groups (broad SMARTS) is 1. The molecule has 2 aliphatic carbocycles. The van der Waals surface area contributed by atoms with Gasteiger partial charge in [0.05, 0.1) is 6.42 Å². The van der Waals surface area contributed by atoms with E-state index < -0.39 is 5.97 Å². The molecular weight excluding hydrogens is 254 g/mol. The van der Waals surface area contributed by atoms with E-state index >= 15 is 0 Å². The molecular formula is C16H27NO3. The minimum Gasteiger partial charge on any atom is -0.481 e. The van der Waals surface area contributed by atoms with Gasteiger partial charge in [-0.1, -0.05) is 25.7 Å². The van der Waals surface area contributed by atoms with Crippen molar-refractivity contribution in [2.45, 2.75) is 77.2 Å². The van der Waals surface area contributed by atoms with Crippen molar-refractivity contribution in [3.8, 4) is 0 Å². The lowest BCUT2D eigenvalue weighted by atomic mass is 9.79. The number of amides is 1. The van der Waals surface area contributed by atoms with Crippen LogP contribution in [0.15, 0.2) is 0 Å². The second-order valence-corrected chi connectivity index (χ2v) is 6.86. The van der Waals surface area contributed by atoms with Gasteiger partial charge in [-0.25, -0.2) is 0 Å². The SMILES string of the molecule is CC(NC(=O)CC1(CC(=O)O)CCCC1)C1CCCC1. The fraction of sp³-hybridized carbons (Fsp3) is 0.875. The topological polar surface area (TPSA) is 66.4 Å². The van der Waals surface area contributed by atoms with Crippen LogP contribution in [0, 0.1) is 11.3 Å². The summed E-state index contributed by atoms with van der Waals surface area (Å²) in [5.74, 6) is -0.117. The predicted octanol–water partition coefficient (Wildman–Crippen LogP) is 3.11. The van der Waals surface area contributed by atoms with Crippen LogP contribution in [-0.2, 0) is 9.59 Å². The molecule has 1 atom stereocenters. The highest BCUT2D eigenvalue weighted by molar-refractivity contribution is 5.78. The Bertz CT molecular complexity index is 355. The van der Waals surface area contributed by atoms with Crippen molar-refractivity contribution in [1.82, 2.24) is 5.32 Å². The van der Waals surface area contributed by atoms with Crippen LogP contribution in [0.5, 0.6) is 0 Å². The second kappa shape index (κ2) is 6.59. The first-order chi connectivity index (χ1) is 9.51. The summed E-state index contributed by atoms with van der Waals surface area (Å²) in [4.78, 5) is 23.3. The van der Waals surface area contributed by atoms with Gasteiger partial charge in [-0.15, -0.1) is 0 Å². The number of hydrogen-bond acceptors (Lipinski definition) is 2. The zero-order valence-corrected chi connectivity index (χ0v) is 12.5. The molecule has 0 aliphatic heterocycles. The summed E-state index contributed by atoms with van der Waals surface area (Å²) in [6.45, 7) is 2.09. The minimum atomic E-state index is -0.774. The molecule has 1 amide bonds. The summed E-state index contributed by atoms with van der Waals surface area (Å²) in [6, 6.07) is 0.230. The van der Waals surface area contributed by atoms with Crippen molar-refractivity contribution in [3.05, 3.63) is 0 Å². The maximum Gasteiger partial charge on any atom is 0.303 e. The van der Waals surface area contributed by atoms with Gasteiger partial charge in [-0.3, -0.25) is 9.59 Å². The Kier molecular flexibility index (Phi) is 5.06. The summed E-state index contributed by atoms with van der Waals surface area (Å²) < 4.78 is 0. The Morgan fingerprint density at radius 2 is 1.75 bits per heavy atom. The zero-order chi connectivity index (χ0) is 14.6. The maximum atomic E-state index is 12.2. The van der Waals surface area contributed by atoms with Crippen molar-refractivity contribution < 1.29 is 14.7 Å². The molecule has 0 spiro atoms. The van der Waals surface area contributed by atoms with E-state index in [1.807, 2.05) is 0 Å². The standard InChI is InChI=1S/C16H27NO3/c1-12(13-6-2-3-7-13)17-14(18)10-16(11-15(19)20)8-4-5-9-16/h12-13H,2-11H2,1H3,(H,17,18)(H,19,20). The number of rotatable bonds is 6. The van der Waals surface area contributed by atoms with Crippen LogP contribution >= 0.6 is 0 Å². The van der Waals surface area contributed by atoms with Crippen LogP contribution in [0.4, 0.5) is 0 Å². The Balaban J connectivity index is 1.86. The van der Waals surface area contributed by atoms with E-state index in [1.54, 1.807) is 0 Å². The third-order valence-corrected chi connectivity index (χ3v) is 5.22. The molecule has 1 unspecified atom stereocenters. The quantitative estimate of drug-likeness (QED) is 0.786. The molecule has 4 heteroatoms. The average molecular weight is 281 g/mol. The van der Waals surface area contributed by atoms with Crippen LogP contribution < -0.4 is 5.32 Å². The van der Waals surface area contributed by atoms with Crippen LogP contribution in [-0.4, -0.2) is 23.0 Å². The number of carbonyl (C=O) groups excluding carboxylic acids is 1. The Morgan fingerprint density at radius 3 is 2.30 bits per heavy atom. The lowest BCUT2D eigenvalue weighted by molar-refractivity contribution is -0.140. The van der Waals surface area contributed by atoms with E-state index in [1.165, 1.54) is 25.7 Å². The highest BCUT2D eigenvalue weighted by Crippen LogP contribution is 2.44. The van der Waals surface area contributed by atoms with Gasteiger partial charge in [0.2, 0.25) is 5.91 Å². The summed E-state index contributed by atoms with van der Waals surface area (Å²) in [6.07, 6.45) is 9.35. The summed E-state index contributed by atoms with van der Waals surface area (Å²) in [7, 11) is 0. The molecule has 0 bridgehead atoms. The number of carbonyl (C=O) groups is 2. The molecule has 20 heavy (non-hydrogen) atoms. The highest BCUT2D eigenvalue weighted by Gasteiger charge is 2.38. The van der Waals surface area contributed by atoms with Crippen LogP contribution in [0.3, 0.4) is 0 Å². The normalized spacial score (nSPS) is 23.6. The van der Waals surface area contributed by atoms with Gasteiger partial charge < -0.3 is 10.4 Å². The van der Waals surface area contributed by atoms with Gasteiger partial charge in [0.15, 0.2) is 0 Å². The molecule has 2 rings (SSSR count). The van der Waals surface area contributed by atoms with Crippen molar-refractivity contribution in [2.75, 3.05) is 0 Å². The molecule has 2 fully saturated rings. The monoisotopic (exact) mass is 281 g/mol. The van der Waals surface area contributed by atoms with Gasteiger partial charge in [0, 0.05) is 12.5 Å². The zero-order valence-electron chi connectivity index (χ0n) is 12.5. The number of nitrogens with one attached hydrogen (secondary N) is 1. The summed E-state index contributed by atoms with van der Waals surface area (Å²) in [5.41, 5.74) is -0.286. The number of aliphatic carboxylic acids is 1. The van der Waals surface area contributed by atoms with Crippen LogP contribution in [0.1, 0.15) is 71.1 Å². The molecule has 4 nitrogen and oxygen atoms in total. The molecule has 0 saturated heterocycles. The fourth-order valence-electron chi connectivity index (χ4n) is 4.08. The van der Waals surface area contributed by atoms with Gasteiger partial charge in [0.1, 0.15) is 0 Å². The molecule has 0 aromatic carbocycles. The molecule has 0 aromatic rings. The van der Waals surface area contributed by atoms with Gasteiger partial charge in [-0.05, 0) is 43.9 Å². The van der Waals surface area contributed by atoms with Crippen molar-refractivity contribution in [1.29, 1.82) is 0 Å². The van der Waals surface area contributed by atoms with E-state index in [0.717, 1.165) is 25.7 Å². The lowest BCUT2D eigenvalue weighted by Crippen LogP contribution is -2.40. The van der Waals surface area contributed by atoms with Gasteiger partial charge >= 0.3 is 5.97 Å². The van der Waals surface area contributed by atoms with E-state index in [0.29, 0.717) is 12.3 Å². The van der Waals surface area contributed by atoms with Gasteiger partial charge in [0.25, 0.3) is 0 Å².